The predicted octanol–water partition coefficient (Wildman–Crippen LogP) is 2.80. The number of carboxylic acid groups (broad SMARTS) is 1. The molecule has 1 aliphatic rings. The van der Waals surface area contributed by atoms with Gasteiger partial charge in [0.2, 0.25) is 0 Å². The van der Waals surface area contributed by atoms with Crippen LogP contribution in [-0.2, 0) is 4.79 Å². The fraction of sp³-hybridized carbons (Fsp3) is 0.412. The van der Waals surface area contributed by atoms with E-state index in [1.165, 1.54) is 12.1 Å². The van der Waals surface area contributed by atoms with E-state index in [0.717, 1.165) is 37.3 Å². The Kier molecular flexibility index (Phi) is 4.43. The first-order valence-corrected chi connectivity index (χ1v) is 7.82. The molecule has 2 aromatic rings. The summed E-state index contributed by atoms with van der Waals surface area (Å²) in [5.41, 5.74) is 0.887. The second kappa shape index (κ2) is 6.50. The third kappa shape index (κ3) is 3.27. The van der Waals surface area contributed by atoms with E-state index >= 15 is 0 Å². The van der Waals surface area contributed by atoms with Gasteiger partial charge < -0.3 is 9.67 Å². The molecular formula is C17H20FN3O2. The molecule has 0 aliphatic carbocycles. The number of hydrogen-bond acceptors (Lipinski definition) is 3. The minimum absolute atomic E-state index is 0.261. The summed E-state index contributed by atoms with van der Waals surface area (Å²) in [6.07, 6.45) is 5.45. The maximum absolute atomic E-state index is 13.1. The molecule has 1 aromatic heterocycles. The number of aromatic nitrogens is 2. The smallest absolute Gasteiger partial charge is 0.320 e. The highest BCUT2D eigenvalue weighted by Crippen LogP contribution is 2.28. The lowest BCUT2D eigenvalue weighted by Gasteiger charge is -2.35. The summed E-state index contributed by atoms with van der Waals surface area (Å²) in [5, 5.41) is 9.11. The molecule has 0 spiro atoms. The van der Waals surface area contributed by atoms with Crippen molar-refractivity contribution < 1.29 is 14.3 Å². The Balaban J connectivity index is 1.74. The van der Waals surface area contributed by atoms with Gasteiger partial charge in [-0.3, -0.25) is 9.69 Å². The highest BCUT2D eigenvalue weighted by Gasteiger charge is 2.27. The number of likely N-dealkylation sites (tertiary alicyclic amines) is 1. The SMILES string of the molecule is CC(C(=O)O)N1CCC(n2ccnc2-c2ccc(F)cc2)CC1. The van der Waals surface area contributed by atoms with Gasteiger partial charge in [-0.2, -0.15) is 0 Å². The van der Waals surface area contributed by atoms with Crippen molar-refractivity contribution >= 4 is 5.97 Å². The molecule has 1 aliphatic heterocycles. The topological polar surface area (TPSA) is 58.4 Å². The van der Waals surface area contributed by atoms with E-state index in [1.54, 1.807) is 25.3 Å². The normalized spacial score (nSPS) is 18.0. The number of benzene rings is 1. The van der Waals surface area contributed by atoms with Crippen molar-refractivity contribution in [3.63, 3.8) is 0 Å². The summed E-state index contributed by atoms with van der Waals surface area (Å²) in [5.74, 6) is -0.212. The van der Waals surface area contributed by atoms with Gasteiger partial charge in [0.1, 0.15) is 17.7 Å². The van der Waals surface area contributed by atoms with Gasteiger partial charge in [-0.15, -0.1) is 0 Å². The van der Waals surface area contributed by atoms with Crippen LogP contribution in [0.1, 0.15) is 25.8 Å². The second-order valence-electron chi connectivity index (χ2n) is 5.95. The van der Waals surface area contributed by atoms with Gasteiger partial charge in [0.05, 0.1) is 0 Å². The lowest BCUT2D eigenvalue weighted by Crippen LogP contribution is -2.44. The largest absolute Gasteiger partial charge is 0.480 e. The number of rotatable bonds is 4. The van der Waals surface area contributed by atoms with Crippen LogP contribution in [0.15, 0.2) is 36.7 Å². The van der Waals surface area contributed by atoms with Gasteiger partial charge in [-0.25, -0.2) is 9.37 Å². The zero-order valence-corrected chi connectivity index (χ0v) is 13.0. The number of nitrogens with zero attached hydrogens (tertiary/aromatic N) is 3. The van der Waals surface area contributed by atoms with Gasteiger partial charge in [0.25, 0.3) is 0 Å². The van der Waals surface area contributed by atoms with E-state index in [9.17, 15) is 9.18 Å². The third-order valence-electron chi connectivity index (χ3n) is 4.57. The number of aliphatic carboxylic acids is 1. The van der Waals surface area contributed by atoms with Crippen molar-refractivity contribution in [2.45, 2.75) is 31.8 Å². The van der Waals surface area contributed by atoms with Crippen LogP contribution < -0.4 is 0 Å². The molecule has 3 rings (SSSR count). The van der Waals surface area contributed by atoms with Crippen LogP contribution in [0, 0.1) is 5.82 Å². The summed E-state index contributed by atoms with van der Waals surface area (Å²) < 4.78 is 15.2. The lowest BCUT2D eigenvalue weighted by atomic mass is 10.0. The van der Waals surface area contributed by atoms with E-state index in [1.807, 2.05) is 11.1 Å². The van der Waals surface area contributed by atoms with Gasteiger partial charge in [-0.05, 0) is 44.0 Å². The molecule has 0 saturated carbocycles. The predicted molar refractivity (Wildman–Crippen MR) is 84.6 cm³/mol. The first-order chi connectivity index (χ1) is 11.1. The molecule has 0 bridgehead atoms. The van der Waals surface area contributed by atoms with E-state index in [2.05, 4.69) is 9.55 Å². The van der Waals surface area contributed by atoms with Crippen molar-refractivity contribution in [2.24, 2.45) is 0 Å². The van der Waals surface area contributed by atoms with Crippen molar-refractivity contribution in [2.75, 3.05) is 13.1 Å². The Hall–Kier alpha value is -2.21. The zero-order valence-electron chi connectivity index (χ0n) is 13.0. The van der Waals surface area contributed by atoms with E-state index in [-0.39, 0.29) is 11.9 Å². The summed E-state index contributed by atoms with van der Waals surface area (Å²) in [4.78, 5) is 17.5. The van der Waals surface area contributed by atoms with Crippen LogP contribution >= 0.6 is 0 Å². The highest BCUT2D eigenvalue weighted by molar-refractivity contribution is 5.72. The quantitative estimate of drug-likeness (QED) is 0.942. The van der Waals surface area contributed by atoms with Crippen molar-refractivity contribution in [1.29, 1.82) is 0 Å². The Morgan fingerprint density at radius 1 is 1.30 bits per heavy atom. The van der Waals surface area contributed by atoms with Crippen LogP contribution in [0.4, 0.5) is 4.39 Å². The number of imidazole rings is 1. The molecular weight excluding hydrogens is 297 g/mol. The van der Waals surface area contributed by atoms with E-state index < -0.39 is 12.0 Å². The van der Waals surface area contributed by atoms with Crippen molar-refractivity contribution in [3.8, 4) is 11.4 Å². The van der Waals surface area contributed by atoms with Crippen molar-refractivity contribution in [3.05, 3.63) is 42.5 Å². The standard InChI is InChI=1S/C17H20FN3O2/c1-12(17(22)23)20-9-6-15(7-10-20)21-11-8-19-16(21)13-2-4-14(18)5-3-13/h2-5,8,11-12,15H,6-7,9-10H2,1H3,(H,22,23). The molecule has 122 valence electrons. The first-order valence-electron chi connectivity index (χ1n) is 7.82. The first kappa shape index (κ1) is 15.7. The maximum atomic E-state index is 13.1. The number of hydrogen-bond donors (Lipinski definition) is 1. The van der Waals surface area contributed by atoms with Crippen LogP contribution in [0.5, 0.6) is 0 Å². The van der Waals surface area contributed by atoms with E-state index in [0.29, 0.717) is 0 Å². The minimum Gasteiger partial charge on any atom is -0.480 e. The second-order valence-corrected chi connectivity index (χ2v) is 5.95. The Bertz CT molecular complexity index is 675. The molecule has 6 heteroatoms. The number of piperidine rings is 1. The third-order valence-corrected chi connectivity index (χ3v) is 4.57. The highest BCUT2D eigenvalue weighted by atomic mass is 19.1. The van der Waals surface area contributed by atoms with Crippen LogP contribution in [-0.4, -0.2) is 44.7 Å². The fourth-order valence-electron chi connectivity index (χ4n) is 3.14. The molecule has 1 fully saturated rings. The summed E-state index contributed by atoms with van der Waals surface area (Å²) in [6.45, 7) is 3.22. The van der Waals surface area contributed by atoms with Gasteiger partial charge in [0, 0.05) is 37.1 Å². The van der Waals surface area contributed by atoms with Gasteiger partial charge in [-0.1, -0.05) is 0 Å². The molecule has 1 saturated heterocycles. The number of carboxylic acids is 1. The molecule has 23 heavy (non-hydrogen) atoms. The fourth-order valence-corrected chi connectivity index (χ4v) is 3.14. The Labute approximate surface area is 134 Å². The molecule has 5 nitrogen and oxygen atoms in total. The lowest BCUT2D eigenvalue weighted by molar-refractivity contribution is -0.143. The molecule has 0 radical (unpaired) electrons. The molecule has 1 N–H and O–H groups in total. The number of halogens is 1. The monoisotopic (exact) mass is 317 g/mol. The van der Waals surface area contributed by atoms with Gasteiger partial charge >= 0.3 is 5.97 Å². The minimum atomic E-state index is -0.780. The molecule has 1 atom stereocenters. The van der Waals surface area contributed by atoms with E-state index in [4.69, 9.17) is 5.11 Å². The molecule has 0 amide bonds. The van der Waals surface area contributed by atoms with Crippen LogP contribution in [0.2, 0.25) is 0 Å². The Morgan fingerprint density at radius 3 is 2.57 bits per heavy atom. The van der Waals surface area contributed by atoms with Crippen molar-refractivity contribution in [1.82, 2.24) is 14.5 Å². The maximum Gasteiger partial charge on any atom is 0.320 e. The average molecular weight is 317 g/mol. The number of carbonyl (C=O) groups is 1. The summed E-state index contributed by atoms with van der Waals surface area (Å²) >= 11 is 0. The van der Waals surface area contributed by atoms with Crippen LogP contribution in [0.25, 0.3) is 11.4 Å². The average Bonchev–Trinajstić information content (AvgIpc) is 3.04. The molecule has 1 aromatic carbocycles. The summed E-state index contributed by atoms with van der Waals surface area (Å²) in [7, 11) is 0. The molecule has 1 unspecified atom stereocenters. The van der Waals surface area contributed by atoms with Gasteiger partial charge in [0.15, 0.2) is 0 Å². The zero-order chi connectivity index (χ0) is 16.4. The summed E-state index contributed by atoms with van der Waals surface area (Å²) in [6, 6.07) is 6.17. The molecule has 2 heterocycles. The van der Waals surface area contributed by atoms with Crippen LogP contribution in [0.3, 0.4) is 0 Å². The Morgan fingerprint density at radius 2 is 1.96 bits per heavy atom.